The van der Waals surface area contributed by atoms with Gasteiger partial charge in [-0.2, -0.15) is 4.52 Å². The Hall–Kier alpha value is -3.49. The molecule has 2 heterocycles. The van der Waals surface area contributed by atoms with Crippen LogP contribution in [0.1, 0.15) is 5.56 Å². The van der Waals surface area contributed by atoms with Crippen molar-refractivity contribution in [3.63, 3.8) is 0 Å². The Bertz CT molecular complexity index is 1530. The minimum Gasteiger partial charge on any atom is -0.340 e. The van der Waals surface area contributed by atoms with E-state index >= 15 is 0 Å². The Morgan fingerprint density at radius 1 is 0.935 bits per heavy atom. The van der Waals surface area contributed by atoms with E-state index in [0.717, 1.165) is 16.6 Å². The van der Waals surface area contributed by atoms with Gasteiger partial charge >= 0.3 is 0 Å². The van der Waals surface area contributed by atoms with Gasteiger partial charge in [0.25, 0.3) is 0 Å². The van der Waals surface area contributed by atoms with E-state index in [9.17, 15) is 8.42 Å². The van der Waals surface area contributed by atoms with Crippen LogP contribution in [0.2, 0.25) is 5.02 Å². The fraction of sp³-hybridized carbons (Fsp3) is 0.0455. The Morgan fingerprint density at radius 3 is 2.39 bits per heavy atom. The van der Waals surface area contributed by atoms with Gasteiger partial charge in [-0.15, -0.1) is 5.10 Å². The molecule has 0 radical (unpaired) electrons. The summed E-state index contributed by atoms with van der Waals surface area (Å²) in [6.45, 7) is 2.01. The van der Waals surface area contributed by atoms with E-state index in [0.29, 0.717) is 16.4 Å². The summed E-state index contributed by atoms with van der Waals surface area (Å²) in [6, 6.07) is 21.3. The number of rotatable bonds is 4. The van der Waals surface area contributed by atoms with Gasteiger partial charge in [0, 0.05) is 16.1 Å². The molecule has 0 saturated carbocycles. The molecule has 31 heavy (non-hydrogen) atoms. The number of anilines is 2. The summed E-state index contributed by atoms with van der Waals surface area (Å²) < 4.78 is 27.9. The molecule has 154 valence electrons. The molecule has 3 aromatic carbocycles. The van der Waals surface area contributed by atoms with Gasteiger partial charge in [0.2, 0.25) is 14.9 Å². The van der Waals surface area contributed by atoms with Crippen LogP contribution in [0.3, 0.4) is 0 Å². The van der Waals surface area contributed by atoms with Crippen molar-refractivity contribution >= 4 is 49.5 Å². The summed E-state index contributed by atoms with van der Waals surface area (Å²) in [4.78, 5) is 4.68. The maximum atomic E-state index is 13.2. The Labute approximate surface area is 183 Å². The molecule has 7 nitrogen and oxygen atoms in total. The van der Waals surface area contributed by atoms with Gasteiger partial charge in [-0.1, -0.05) is 46.6 Å². The van der Waals surface area contributed by atoms with Crippen LogP contribution in [-0.4, -0.2) is 28.2 Å². The predicted octanol–water partition coefficient (Wildman–Crippen LogP) is 4.82. The van der Waals surface area contributed by atoms with E-state index in [2.05, 4.69) is 20.6 Å². The first-order chi connectivity index (χ1) is 14.9. The third kappa shape index (κ3) is 3.39. The van der Waals surface area contributed by atoms with Crippen LogP contribution >= 0.6 is 11.6 Å². The zero-order valence-electron chi connectivity index (χ0n) is 16.3. The van der Waals surface area contributed by atoms with Crippen molar-refractivity contribution in [2.24, 2.45) is 0 Å². The van der Waals surface area contributed by atoms with Gasteiger partial charge in [-0.25, -0.2) is 13.4 Å². The van der Waals surface area contributed by atoms with Crippen LogP contribution in [-0.2, 0) is 9.84 Å². The van der Waals surface area contributed by atoms with E-state index in [1.807, 2.05) is 55.5 Å². The highest BCUT2D eigenvalue weighted by Gasteiger charge is 2.27. The van der Waals surface area contributed by atoms with E-state index < -0.39 is 9.84 Å². The monoisotopic (exact) mass is 449 g/mol. The summed E-state index contributed by atoms with van der Waals surface area (Å²) in [6.07, 6.45) is 0. The van der Waals surface area contributed by atoms with Crippen LogP contribution in [0.25, 0.3) is 16.6 Å². The minimum absolute atomic E-state index is 0.0716. The highest BCUT2D eigenvalue weighted by Crippen LogP contribution is 2.30. The number of nitrogens with one attached hydrogen (secondary N) is 1. The Kier molecular flexibility index (Phi) is 4.60. The van der Waals surface area contributed by atoms with Crippen molar-refractivity contribution in [3.05, 3.63) is 83.4 Å². The molecule has 5 aromatic rings. The average molecular weight is 450 g/mol. The lowest BCUT2D eigenvalue weighted by atomic mass is 10.2. The number of aromatic nitrogens is 4. The van der Waals surface area contributed by atoms with Crippen molar-refractivity contribution in [3.8, 4) is 0 Å². The molecule has 0 unspecified atom stereocenters. The lowest BCUT2D eigenvalue weighted by Gasteiger charge is -2.11. The standard InChI is InChI=1S/C22H16ClN5O2S/c1-14-6-10-16(11-7-14)24-20-18-4-2-3-5-19(18)28-21(25-20)22(26-27-28)31(29,30)17-12-8-15(23)9-13-17/h2-13H,1H3,(H,24,25). The maximum Gasteiger partial charge on any atom is 0.229 e. The molecule has 0 bridgehead atoms. The number of fused-ring (bicyclic) bond motifs is 3. The lowest BCUT2D eigenvalue weighted by molar-refractivity contribution is 0.592. The van der Waals surface area contributed by atoms with Crippen LogP contribution < -0.4 is 5.32 Å². The summed E-state index contributed by atoms with van der Waals surface area (Å²) in [7, 11) is -3.95. The largest absolute Gasteiger partial charge is 0.340 e. The van der Waals surface area contributed by atoms with Crippen LogP contribution in [0.4, 0.5) is 11.5 Å². The second kappa shape index (κ2) is 7.33. The number of hydrogen-bond acceptors (Lipinski definition) is 6. The predicted molar refractivity (Wildman–Crippen MR) is 120 cm³/mol. The average Bonchev–Trinajstić information content (AvgIpc) is 3.21. The smallest absolute Gasteiger partial charge is 0.229 e. The first-order valence-corrected chi connectivity index (χ1v) is 11.3. The molecule has 0 aliphatic rings. The zero-order valence-corrected chi connectivity index (χ0v) is 17.9. The number of sulfone groups is 1. The Balaban J connectivity index is 1.73. The molecule has 0 atom stereocenters. The lowest BCUT2D eigenvalue weighted by Crippen LogP contribution is -2.05. The SMILES string of the molecule is Cc1ccc(Nc2nc3c(S(=O)(=O)c4ccc(Cl)cc4)nnn3c3ccccc23)cc1. The summed E-state index contributed by atoms with van der Waals surface area (Å²) in [5.74, 6) is 0.516. The number of aryl methyl sites for hydroxylation is 1. The zero-order chi connectivity index (χ0) is 21.6. The minimum atomic E-state index is -3.95. The quantitative estimate of drug-likeness (QED) is 0.423. The molecule has 2 aromatic heterocycles. The summed E-state index contributed by atoms with van der Waals surface area (Å²) >= 11 is 5.91. The molecule has 0 aliphatic heterocycles. The molecule has 0 spiro atoms. The van der Waals surface area contributed by atoms with Crippen molar-refractivity contribution in [2.45, 2.75) is 16.8 Å². The van der Waals surface area contributed by atoms with Gasteiger partial charge in [0.1, 0.15) is 5.82 Å². The van der Waals surface area contributed by atoms with Crippen molar-refractivity contribution < 1.29 is 8.42 Å². The molecule has 5 rings (SSSR count). The normalized spacial score (nSPS) is 11.8. The first kappa shape index (κ1) is 19.5. The Morgan fingerprint density at radius 2 is 1.65 bits per heavy atom. The molecular weight excluding hydrogens is 434 g/mol. The van der Waals surface area contributed by atoms with Crippen molar-refractivity contribution in [2.75, 3.05) is 5.32 Å². The number of nitrogens with zero attached hydrogens (tertiary/aromatic N) is 4. The van der Waals surface area contributed by atoms with Gasteiger partial charge in [0.15, 0.2) is 5.65 Å². The van der Waals surface area contributed by atoms with Gasteiger partial charge < -0.3 is 5.32 Å². The van der Waals surface area contributed by atoms with Crippen LogP contribution in [0.5, 0.6) is 0 Å². The van der Waals surface area contributed by atoms with E-state index in [-0.39, 0.29) is 15.6 Å². The van der Waals surface area contributed by atoms with Crippen molar-refractivity contribution in [1.82, 2.24) is 19.8 Å². The van der Waals surface area contributed by atoms with E-state index in [1.165, 1.54) is 28.8 Å². The summed E-state index contributed by atoms with van der Waals surface area (Å²) in [5, 5.41) is 12.4. The molecule has 1 N–H and O–H groups in total. The highest BCUT2D eigenvalue weighted by atomic mass is 35.5. The second-order valence-corrected chi connectivity index (χ2v) is 9.36. The number of para-hydroxylation sites is 1. The van der Waals surface area contributed by atoms with E-state index in [1.54, 1.807) is 0 Å². The van der Waals surface area contributed by atoms with Crippen molar-refractivity contribution in [1.29, 1.82) is 0 Å². The van der Waals surface area contributed by atoms with Gasteiger partial charge in [-0.05, 0) is 55.5 Å². The van der Waals surface area contributed by atoms with Gasteiger partial charge in [-0.3, -0.25) is 0 Å². The van der Waals surface area contributed by atoms with E-state index in [4.69, 9.17) is 11.6 Å². The molecule has 0 saturated heterocycles. The number of hydrogen-bond donors (Lipinski definition) is 1. The van der Waals surface area contributed by atoms with Gasteiger partial charge in [0.05, 0.1) is 10.4 Å². The molecule has 9 heteroatoms. The maximum absolute atomic E-state index is 13.2. The fourth-order valence-corrected chi connectivity index (χ4v) is 4.67. The number of halogens is 1. The topological polar surface area (TPSA) is 89.2 Å². The molecule has 0 fully saturated rings. The van der Waals surface area contributed by atoms with Crippen LogP contribution in [0, 0.1) is 6.92 Å². The molecule has 0 amide bonds. The van der Waals surface area contributed by atoms with Crippen LogP contribution in [0.15, 0.2) is 82.7 Å². The molecule has 0 aliphatic carbocycles. The second-order valence-electron chi connectivity index (χ2n) is 7.06. The third-order valence-electron chi connectivity index (χ3n) is 4.91. The molecular formula is C22H16ClN5O2S. The first-order valence-electron chi connectivity index (χ1n) is 9.42. The number of benzene rings is 3. The highest BCUT2D eigenvalue weighted by molar-refractivity contribution is 7.91. The summed E-state index contributed by atoms with van der Waals surface area (Å²) in [5.41, 5.74) is 2.80. The third-order valence-corrected chi connectivity index (χ3v) is 6.83. The fourth-order valence-electron chi connectivity index (χ4n) is 3.31.